The zero-order valence-corrected chi connectivity index (χ0v) is 12.3. The number of hydrogen-bond donors (Lipinski definition) is 1. The molecule has 0 unspecified atom stereocenters. The second kappa shape index (κ2) is 5.47. The van der Waals surface area contributed by atoms with Crippen LogP contribution in [0.25, 0.3) is 5.69 Å². The van der Waals surface area contributed by atoms with Gasteiger partial charge in [0.15, 0.2) is 0 Å². The maximum absolute atomic E-state index is 8.32. The zero-order valence-electron chi connectivity index (χ0n) is 12.3. The fourth-order valence-corrected chi connectivity index (χ4v) is 2.67. The summed E-state index contributed by atoms with van der Waals surface area (Å²) in [7, 11) is 0. The standard InChI is InChI=1S/C16H23N3/c1-5-6-7-18-8-9-19(16(18)17)15-13(3)10-12(2)11-14(15)4/h8-11,17H,5-7H2,1-4H3. The average Bonchev–Trinajstić information content (AvgIpc) is 2.68. The number of rotatable bonds is 4. The van der Waals surface area contributed by atoms with Crippen LogP contribution in [0, 0.1) is 26.2 Å². The van der Waals surface area contributed by atoms with Gasteiger partial charge in [-0.3, -0.25) is 9.98 Å². The van der Waals surface area contributed by atoms with Gasteiger partial charge in [0.1, 0.15) is 0 Å². The number of benzene rings is 1. The first-order valence-corrected chi connectivity index (χ1v) is 6.95. The van der Waals surface area contributed by atoms with Gasteiger partial charge >= 0.3 is 0 Å². The molecule has 0 aliphatic carbocycles. The van der Waals surface area contributed by atoms with Crippen LogP contribution in [-0.2, 0) is 6.54 Å². The third-order valence-corrected chi connectivity index (χ3v) is 3.52. The molecule has 0 fully saturated rings. The Hall–Kier alpha value is -1.77. The number of unbranched alkanes of at least 4 members (excludes halogenated alkanes) is 1. The number of nitrogens with one attached hydrogen (secondary N) is 1. The van der Waals surface area contributed by atoms with Crippen molar-refractivity contribution < 1.29 is 0 Å². The molecule has 2 rings (SSSR count). The summed E-state index contributed by atoms with van der Waals surface area (Å²) in [5.41, 5.74) is 5.43. The van der Waals surface area contributed by atoms with Crippen LogP contribution < -0.4 is 5.62 Å². The van der Waals surface area contributed by atoms with Crippen LogP contribution in [-0.4, -0.2) is 9.13 Å². The van der Waals surface area contributed by atoms with Crippen LogP contribution >= 0.6 is 0 Å². The van der Waals surface area contributed by atoms with Gasteiger partial charge in [0.2, 0.25) is 5.62 Å². The lowest BCUT2D eigenvalue weighted by atomic mass is 10.1. The highest BCUT2D eigenvalue weighted by molar-refractivity contribution is 5.49. The first-order chi connectivity index (χ1) is 9.04. The predicted octanol–water partition coefficient (Wildman–Crippen LogP) is 3.48. The summed E-state index contributed by atoms with van der Waals surface area (Å²) in [5.74, 6) is 0. The summed E-state index contributed by atoms with van der Waals surface area (Å²) in [4.78, 5) is 0. The van der Waals surface area contributed by atoms with Crippen LogP contribution in [0.3, 0.4) is 0 Å². The number of nitrogens with zero attached hydrogens (tertiary/aromatic N) is 2. The second-order valence-electron chi connectivity index (χ2n) is 5.29. The molecule has 19 heavy (non-hydrogen) atoms. The lowest BCUT2D eigenvalue weighted by molar-refractivity contribution is 0.592. The largest absolute Gasteiger partial charge is 0.317 e. The van der Waals surface area contributed by atoms with E-state index in [1.54, 1.807) is 0 Å². The normalized spacial score (nSPS) is 10.9. The van der Waals surface area contributed by atoms with Gasteiger partial charge in [-0.05, 0) is 38.3 Å². The molecule has 0 aliphatic heterocycles. The molecule has 3 heteroatoms. The van der Waals surface area contributed by atoms with Crippen molar-refractivity contribution in [2.24, 2.45) is 0 Å². The molecule has 0 atom stereocenters. The predicted molar refractivity (Wildman–Crippen MR) is 78.7 cm³/mol. The number of aromatic nitrogens is 2. The minimum absolute atomic E-state index is 0.559. The monoisotopic (exact) mass is 257 g/mol. The molecular weight excluding hydrogens is 234 g/mol. The number of imidazole rings is 1. The van der Waals surface area contributed by atoms with Gasteiger partial charge in [-0.1, -0.05) is 31.0 Å². The molecule has 0 spiro atoms. The van der Waals surface area contributed by atoms with E-state index in [0.29, 0.717) is 5.62 Å². The van der Waals surface area contributed by atoms with E-state index in [2.05, 4.69) is 39.8 Å². The molecule has 1 heterocycles. The van der Waals surface area contributed by atoms with Crippen molar-refractivity contribution in [2.45, 2.75) is 47.1 Å². The van der Waals surface area contributed by atoms with Crippen LogP contribution in [0.2, 0.25) is 0 Å². The minimum Gasteiger partial charge on any atom is -0.317 e. The third-order valence-electron chi connectivity index (χ3n) is 3.52. The summed E-state index contributed by atoms with van der Waals surface area (Å²) >= 11 is 0. The lowest BCUT2D eigenvalue weighted by Crippen LogP contribution is -2.24. The minimum atomic E-state index is 0.559. The molecule has 0 saturated heterocycles. The van der Waals surface area contributed by atoms with Gasteiger partial charge in [0.05, 0.1) is 5.69 Å². The molecule has 102 valence electrons. The fraction of sp³-hybridized carbons (Fsp3) is 0.438. The quantitative estimate of drug-likeness (QED) is 0.870. The molecule has 3 nitrogen and oxygen atoms in total. The topological polar surface area (TPSA) is 33.7 Å². The van der Waals surface area contributed by atoms with E-state index in [4.69, 9.17) is 5.41 Å². The maximum atomic E-state index is 8.32. The Balaban J connectivity index is 2.49. The highest BCUT2D eigenvalue weighted by Gasteiger charge is 2.08. The summed E-state index contributed by atoms with van der Waals surface area (Å²) in [6, 6.07) is 4.36. The van der Waals surface area contributed by atoms with Crippen LogP contribution in [0.15, 0.2) is 24.5 Å². The summed E-state index contributed by atoms with van der Waals surface area (Å²) in [6.45, 7) is 9.44. The van der Waals surface area contributed by atoms with Gasteiger partial charge in [-0.25, -0.2) is 0 Å². The van der Waals surface area contributed by atoms with E-state index in [1.807, 2.05) is 21.5 Å². The molecule has 0 amide bonds. The van der Waals surface area contributed by atoms with Crippen molar-refractivity contribution in [2.75, 3.05) is 0 Å². The van der Waals surface area contributed by atoms with Gasteiger partial charge < -0.3 is 4.57 Å². The van der Waals surface area contributed by atoms with Crippen LogP contribution in [0.5, 0.6) is 0 Å². The van der Waals surface area contributed by atoms with Crippen LogP contribution in [0.1, 0.15) is 36.5 Å². The Bertz CT molecular complexity index is 609. The SMILES string of the molecule is CCCCn1ccn(-c2c(C)cc(C)cc2C)c1=N. The highest BCUT2D eigenvalue weighted by Crippen LogP contribution is 2.19. The maximum Gasteiger partial charge on any atom is 0.206 e. The van der Waals surface area contributed by atoms with Gasteiger partial charge in [0, 0.05) is 18.9 Å². The Labute approximate surface area is 115 Å². The molecule has 0 radical (unpaired) electrons. The van der Waals surface area contributed by atoms with E-state index >= 15 is 0 Å². The summed E-state index contributed by atoms with van der Waals surface area (Å²) in [5, 5.41) is 8.32. The fourth-order valence-electron chi connectivity index (χ4n) is 2.67. The summed E-state index contributed by atoms with van der Waals surface area (Å²) in [6.07, 6.45) is 6.28. The van der Waals surface area contributed by atoms with Crippen molar-refractivity contribution in [1.82, 2.24) is 9.13 Å². The van der Waals surface area contributed by atoms with E-state index in [9.17, 15) is 0 Å². The molecule has 1 N–H and O–H groups in total. The number of hydrogen-bond acceptors (Lipinski definition) is 1. The first kappa shape index (κ1) is 13.7. The molecule has 2 aromatic rings. The molecule has 0 bridgehead atoms. The molecular formula is C16H23N3. The smallest absolute Gasteiger partial charge is 0.206 e. The molecule has 1 aromatic heterocycles. The third kappa shape index (κ3) is 2.65. The van der Waals surface area contributed by atoms with Crippen LogP contribution in [0.4, 0.5) is 0 Å². The van der Waals surface area contributed by atoms with Gasteiger partial charge in [0.25, 0.3) is 0 Å². The highest BCUT2D eigenvalue weighted by atomic mass is 15.2. The molecule has 0 aliphatic rings. The average molecular weight is 257 g/mol. The Kier molecular flexibility index (Phi) is 3.93. The first-order valence-electron chi connectivity index (χ1n) is 6.95. The van der Waals surface area contributed by atoms with Gasteiger partial charge in [-0.2, -0.15) is 0 Å². The van der Waals surface area contributed by atoms with Crippen molar-refractivity contribution in [3.05, 3.63) is 46.8 Å². The Morgan fingerprint density at radius 1 is 1.05 bits per heavy atom. The zero-order chi connectivity index (χ0) is 14.0. The Morgan fingerprint density at radius 2 is 1.68 bits per heavy atom. The van der Waals surface area contributed by atoms with Crippen molar-refractivity contribution in [3.63, 3.8) is 0 Å². The van der Waals surface area contributed by atoms with E-state index in [1.165, 1.54) is 16.7 Å². The molecule has 1 aromatic carbocycles. The van der Waals surface area contributed by atoms with E-state index in [0.717, 1.165) is 25.1 Å². The van der Waals surface area contributed by atoms with Crippen molar-refractivity contribution in [3.8, 4) is 5.69 Å². The van der Waals surface area contributed by atoms with Crippen molar-refractivity contribution >= 4 is 0 Å². The lowest BCUT2D eigenvalue weighted by Gasteiger charge is -2.12. The Morgan fingerprint density at radius 3 is 2.26 bits per heavy atom. The van der Waals surface area contributed by atoms with E-state index < -0.39 is 0 Å². The van der Waals surface area contributed by atoms with Gasteiger partial charge in [-0.15, -0.1) is 0 Å². The molecule has 0 saturated carbocycles. The summed E-state index contributed by atoms with van der Waals surface area (Å²) < 4.78 is 4.00. The second-order valence-corrected chi connectivity index (χ2v) is 5.29. The number of aryl methyl sites for hydroxylation is 4. The van der Waals surface area contributed by atoms with E-state index in [-0.39, 0.29) is 0 Å². The van der Waals surface area contributed by atoms with Crippen molar-refractivity contribution in [1.29, 1.82) is 5.41 Å².